The van der Waals surface area contributed by atoms with Crippen molar-refractivity contribution in [2.75, 3.05) is 6.61 Å². The fourth-order valence-corrected chi connectivity index (χ4v) is 5.00. The lowest BCUT2D eigenvalue weighted by Gasteiger charge is -2.38. The molecule has 1 aliphatic heterocycles. The molecule has 2 aromatic rings. The van der Waals surface area contributed by atoms with Crippen LogP contribution in [0.15, 0.2) is 48.7 Å². The smallest absolute Gasteiger partial charge is 0.400 e. The van der Waals surface area contributed by atoms with Crippen LogP contribution in [-0.2, 0) is 4.74 Å². The van der Waals surface area contributed by atoms with Crippen molar-refractivity contribution >= 4 is 0 Å². The second-order valence-corrected chi connectivity index (χ2v) is 9.65. The minimum Gasteiger partial charge on any atom is -0.453 e. The number of ether oxygens (including phenoxy) is 3. The molecule has 3 nitrogen and oxygen atoms in total. The van der Waals surface area contributed by atoms with E-state index in [0.29, 0.717) is 43.1 Å². The van der Waals surface area contributed by atoms with Crippen molar-refractivity contribution < 1.29 is 40.6 Å². The average molecular weight is 515 g/mol. The molecule has 9 heteroatoms. The van der Waals surface area contributed by atoms with Crippen LogP contribution in [0.2, 0.25) is 0 Å². The maximum absolute atomic E-state index is 14.9. The van der Waals surface area contributed by atoms with Gasteiger partial charge >= 0.3 is 12.2 Å². The van der Waals surface area contributed by atoms with Crippen molar-refractivity contribution in [1.29, 1.82) is 0 Å². The van der Waals surface area contributed by atoms with E-state index in [0.717, 1.165) is 31.6 Å². The zero-order valence-electron chi connectivity index (χ0n) is 19.8. The van der Waals surface area contributed by atoms with Crippen LogP contribution < -0.4 is 9.47 Å². The normalized spacial score (nSPS) is 24.8. The zero-order valence-corrected chi connectivity index (χ0v) is 19.8. The van der Waals surface area contributed by atoms with Crippen LogP contribution in [0.4, 0.5) is 26.3 Å². The van der Waals surface area contributed by atoms with Gasteiger partial charge in [0, 0.05) is 6.61 Å². The summed E-state index contributed by atoms with van der Waals surface area (Å²) >= 11 is 0. The SMILES string of the molecule is CC1CCC(C2CCC(C(F)(F)Oc3ccc(-c4cc(F)c(OC=C(F)F)c(F)c4)cc3)CC2)OC1. The lowest BCUT2D eigenvalue weighted by Crippen LogP contribution is -2.40. The Bertz CT molecular complexity index is 1030. The molecule has 0 N–H and O–H groups in total. The van der Waals surface area contributed by atoms with Crippen LogP contribution in [0.3, 0.4) is 0 Å². The molecule has 0 spiro atoms. The predicted molar refractivity (Wildman–Crippen MR) is 122 cm³/mol. The molecule has 2 unspecified atom stereocenters. The summed E-state index contributed by atoms with van der Waals surface area (Å²) in [6.07, 6.45) is -1.39. The first-order valence-electron chi connectivity index (χ1n) is 12.1. The van der Waals surface area contributed by atoms with Gasteiger partial charge in [-0.3, -0.25) is 0 Å². The van der Waals surface area contributed by atoms with Crippen LogP contribution in [0.5, 0.6) is 11.5 Å². The van der Waals surface area contributed by atoms with Crippen LogP contribution in [0.1, 0.15) is 45.4 Å². The first-order chi connectivity index (χ1) is 17.1. The van der Waals surface area contributed by atoms with Gasteiger partial charge in [-0.15, -0.1) is 0 Å². The largest absolute Gasteiger partial charge is 0.453 e. The summed E-state index contributed by atoms with van der Waals surface area (Å²) in [5, 5.41) is 0. The standard InChI is InChI=1S/C27H28F6O3/c1-16-2-11-24(34-14-16)18-3-7-20(8-4-18)27(32,33)36-21-9-5-17(6-10-21)19-12-22(28)26(23(29)13-19)35-15-25(30)31/h5-6,9-10,12-13,15-16,18,20,24H,2-4,7-8,11,14H2,1H3. The summed E-state index contributed by atoms with van der Waals surface area (Å²) in [5.74, 6) is -3.46. The molecular weight excluding hydrogens is 486 g/mol. The fourth-order valence-electron chi connectivity index (χ4n) is 5.00. The first-order valence-corrected chi connectivity index (χ1v) is 12.1. The van der Waals surface area contributed by atoms with Gasteiger partial charge in [0.15, 0.2) is 23.6 Å². The van der Waals surface area contributed by atoms with Gasteiger partial charge in [-0.2, -0.15) is 17.6 Å². The van der Waals surface area contributed by atoms with E-state index in [-0.39, 0.29) is 23.7 Å². The Hall–Kier alpha value is -2.68. The van der Waals surface area contributed by atoms with Gasteiger partial charge in [0.1, 0.15) is 5.75 Å². The molecule has 2 atom stereocenters. The Morgan fingerprint density at radius 3 is 2.11 bits per heavy atom. The molecule has 2 fully saturated rings. The van der Waals surface area contributed by atoms with E-state index in [1.807, 2.05) is 0 Å². The van der Waals surface area contributed by atoms with Gasteiger partial charge in [0.2, 0.25) is 0 Å². The topological polar surface area (TPSA) is 27.7 Å². The van der Waals surface area contributed by atoms with E-state index in [4.69, 9.17) is 9.47 Å². The summed E-state index contributed by atoms with van der Waals surface area (Å²) in [7, 11) is 0. The molecule has 0 radical (unpaired) electrons. The molecule has 0 amide bonds. The van der Waals surface area contributed by atoms with Crippen molar-refractivity contribution in [2.45, 2.75) is 57.7 Å². The molecule has 2 aliphatic rings. The van der Waals surface area contributed by atoms with E-state index < -0.39 is 35.5 Å². The summed E-state index contributed by atoms with van der Waals surface area (Å²) in [5.41, 5.74) is 0.405. The Labute approximate surface area is 206 Å². The third-order valence-corrected chi connectivity index (χ3v) is 7.02. The second-order valence-electron chi connectivity index (χ2n) is 9.65. The maximum Gasteiger partial charge on any atom is 0.400 e. The number of rotatable bonds is 7. The maximum atomic E-state index is 14.9. The molecule has 1 heterocycles. The van der Waals surface area contributed by atoms with Gasteiger partial charge < -0.3 is 14.2 Å². The molecule has 4 rings (SSSR count). The average Bonchev–Trinajstić information content (AvgIpc) is 2.84. The molecule has 1 aliphatic carbocycles. The number of hydrogen-bond donors (Lipinski definition) is 0. The fraction of sp³-hybridized carbons (Fsp3) is 0.481. The molecular formula is C27H28F6O3. The van der Waals surface area contributed by atoms with Gasteiger partial charge in [-0.05, 0) is 85.8 Å². The van der Waals surface area contributed by atoms with E-state index in [2.05, 4.69) is 11.7 Å². The van der Waals surface area contributed by atoms with Crippen molar-refractivity contribution in [1.82, 2.24) is 0 Å². The predicted octanol–water partition coefficient (Wildman–Crippen LogP) is 8.34. The monoisotopic (exact) mass is 514 g/mol. The van der Waals surface area contributed by atoms with Crippen LogP contribution >= 0.6 is 0 Å². The zero-order chi connectivity index (χ0) is 25.9. The number of alkyl halides is 2. The minimum atomic E-state index is -3.36. The highest BCUT2D eigenvalue weighted by Crippen LogP contribution is 2.43. The highest BCUT2D eigenvalue weighted by Gasteiger charge is 2.45. The minimum absolute atomic E-state index is 0.0653. The lowest BCUT2D eigenvalue weighted by molar-refractivity contribution is -0.225. The quantitative estimate of drug-likeness (QED) is 0.275. The highest BCUT2D eigenvalue weighted by molar-refractivity contribution is 5.65. The summed E-state index contributed by atoms with van der Waals surface area (Å²) in [4.78, 5) is 0. The number of hydrogen-bond acceptors (Lipinski definition) is 3. The molecule has 0 bridgehead atoms. The molecule has 2 aromatic carbocycles. The van der Waals surface area contributed by atoms with Gasteiger partial charge in [0.25, 0.3) is 0 Å². The Kier molecular flexibility index (Phi) is 8.17. The van der Waals surface area contributed by atoms with E-state index in [1.54, 1.807) is 0 Å². The number of benzene rings is 2. The van der Waals surface area contributed by atoms with Crippen molar-refractivity contribution in [3.05, 3.63) is 60.4 Å². The summed E-state index contributed by atoms with van der Waals surface area (Å²) in [6.45, 7) is 2.88. The third-order valence-electron chi connectivity index (χ3n) is 7.02. The second kappa shape index (κ2) is 11.2. The van der Waals surface area contributed by atoms with Gasteiger partial charge in [-0.25, -0.2) is 8.78 Å². The van der Waals surface area contributed by atoms with Crippen molar-refractivity contribution in [3.63, 3.8) is 0 Å². The summed E-state index contributed by atoms with van der Waals surface area (Å²) in [6, 6.07) is 7.18. The van der Waals surface area contributed by atoms with E-state index in [1.165, 1.54) is 24.3 Å². The molecule has 36 heavy (non-hydrogen) atoms. The Morgan fingerprint density at radius 1 is 0.917 bits per heavy atom. The molecule has 196 valence electrons. The lowest BCUT2D eigenvalue weighted by atomic mass is 9.77. The summed E-state index contributed by atoms with van der Waals surface area (Å²) < 4.78 is 97.6. The number of halogens is 6. The van der Waals surface area contributed by atoms with Gasteiger partial charge in [-0.1, -0.05) is 19.1 Å². The van der Waals surface area contributed by atoms with Crippen LogP contribution in [0.25, 0.3) is 11.1 Å². The highest BCUT2D eigenvalue weighted by atomic mass is 19.3. The van der Waals surface area contributed by atoms with Crippen LogP contribution in [-0.4, -0.2) is 18.8 Å². The van der Waals surface area contributed by atoms with Crippen molar-refractivity contribution in [3.8, 4) is 22.6 Å². The van der Waals surface area contributed by atoms with E-state index in [9.17, 15) is 26.3 Å². The van der Waals surface area contributed by atoms with E-state index >= 15 is 0 Å². The van der Waals surface area contributed by atoms with Crippen LogP contribution in [0, 0.1) is 29.4 Å². The molecule has 1 saturated heterocycles. The van der Waals surface area contributed by atoms with Crippen molar-refractivity contribution in [2.24, 2.45) is 17.8 Å². The Balaban J connectivity index is 1.36. The van der Waals surface area contributed by atoms with Gasteiger partial charge in [0.05, 0.1) is 12.0 Å². The first kappa shape index (κ1) is 26.4. The molecule has 0 aromatic heterocycles. The molecule has 1 saturated carbocycles. The Morgan fingerprint density at radius 2 is 1.56 bits per heavy atom. The third kappa shape index (κ3) is 6.35.